The molecule has 1 nitrogen and oxygen atoms in total. The van der Waals surface area contributed by atoms with Crippen molar-refractivity contribution in [1.29, 1.82) is 0 Å². The van der Waals surface area contributed by atoms with Gasteiger partial charge in [-0.25, -0.2) is 0 Å². The lowest BCUT2D eigenvalue weighted by Crippen LogP contribution is -1.96. The van der Waals surface area contributed by atoms with Crippen molar-refractivity contribution in [3.05, 3.63) is 218 Å². The highest BCUT2D eigenvalue weighted by Crippen LogP contribution is 2.40. The Labute approximate surface area is 332 Å². The third kappa shape index (κ3) is 5.55. The molecule has 0 aliphatic rings. The summed E-state index contributed by atoms with van der Waals surface area (Å²) < 4.78 is 2.43. The molecule has 0 unspecified atom stereocenters. The van der Waals surface area contributed by atoms with E-state index in [4.69, 9.17) is 0 Å². The summed E-state index contributed by atoms with van der Waals surface area (Å²) in [5, 5.41) is 10.2. The van der Waals surface area contributed by atoms with Gasteiger partial charge in [0.15, 0.2) is 0 Å². The van der Waals surface area contributed by atoms with Crippen molar-refractivity contribution in [2.45, 2.75) is 0 Å². The number of fused-ring (bicyclic) bond motifs is 9. The molecular weight excluding hydrogens is 687 g/mol. The molecule has 0 amide bonds. The summed E-state index contributed by atoms with van der Waals surface area (Å²) >= 11 is 0. The average molecular weight is 724 g/mol. The minimum Gasteiger partial charge on any atom is -0.309 e. The van der Waals surface area contributed by atoms with Gasteiger partial charge in [-0.1, -0.05) is 164 Å². The van der Waals surface area contributed by atoms with Crippen LogP contribution in [0.4, 0.5) is 0 Å². The third-order valence-electron chi connectivity index (χ3n) is 11.7. The van der Waals surface area contributed by atoms with Gasteiger partial charge in [-0.15, -0.1) is 0 Å². The highest BCUT2D eigenvalue weighted by molar-refractivity contribution is 6.25. The lowest BCUT2D eigenvalue weighted by Gasteiger charge is -2.14. The molecule has 1 heteroatoms. The lowest BCUT2D eigenvalue weighted by atomic mass is 9.91. The van der Waals surface area contributed by atoms with E-state index in [9.17, 15) is 0 Å². The van der Waals surface area contributed by atoms with Crippen molar-refractivity contribution in [2.75, 3.05) is 0 Å². The van der Waals surface area contributed by atoms with Gasteiger partial charge in [0, 0.05) is 16.5 Å². The Morgan fingerprint density at radius 3 is 1.28 bits per heavy atom. The van der Waals surface area contributed by atoms with Gasteiger partial charge in [-0.2, -0.15) is 0 Å². The van der Waals surface area contributed by atoms with Gasteiger partial charge in [0.25, 0.3) is 0 Å². The smallest absolute Gasteiger partial charge is 0.0541 e. The van der Waals surface area contributed by atoms with E-state index in [0.717, 1.165) is 11.3 Å². The molecule has 1 heterocycles. The van der Waals surface area contributed by atoms with Crippen LogP contribution in [0.3, 0.4) is 0 Å². The number of rotatable bonds is 6. The van der Waals surface area contributed by atoms with E-state index in [1.54, 1.807) is 0 Å². The minimum atomic E-state index is 1.11. The highest BCUT2D eigenvalue weighted by atomic mass is 15.0. The first-order valence-electron chi connectivity index (χ1n) is 19.6. The number of hydrogen-bond acceptors (Lipinski definition) is 0. The lowest BCUT2D eigenvalue weighted by molar-refractivity contribution is 1.18. The fourth-order valence-corrected chi connectivity index (χ4v) is 8.93. The first-order chi connectivity index (χ1) is 28.2. The zero-order valence-corrected chi connectivity index (χ0v) is 31.4. The van der Waals surface area contributed by atoms with Crippen LogP contribution in [0.1, 0.15) is 5.56 Å². The highest BCUT2D eigenvalue weighted by Gasteiger charge is 2.17. The molecule has 11 rings (SSSR count). The largest absolute Gasteiger partial charge is 0.309 e. The SMILES string of the molecule is C=Cc1ccc2c(c1)c1cc(-c3cccc(-c4ccc5c6ccccc6c6ccccc6c5c4)c3)ccc1n2-c1cc(-c2ccccc2)cc(-c2ccccc2)c1. The van der Waals surface area contributed by atoms with Gasteiger partial charge in [-0.3, -0.25) is 0 Å². The molecule has 0 fully saturated rings. The molecule has 1 aromatic heterocycles. The van der Waals surface area contributed by atoms with Gasteiger partial charge < -0.3 is 4.57 Å². The second kappa shape index (κ2) is 13.4. The fraction of sp³-hybridized carbons (Fsp3) is 0. The standard InChI is InChI=1S/C56H37N/c1-2-37-24-28-55-53(30-37)54-36-43(26-29-56(54)57(55)46-33-44(38-14-5-3-6-15-38)32-45(34-46)39-16-7-4-8-17-39)41-19-13-18-40(31-41)42-25-27-51-49-22-10-9-20-47(49)48-21-11-12-23-50(48)52(51)35-42/h2-36H,1H2. The zero-order chi connectivity index (χ0) is 37.9. The first kappa shape index (κ1) is 32.9. The molecular formula is C56H37N. The van der Waals surface area contributed by atoms with Gasteiger partial charge in [0.05, 0.1) is 11.0 Å². The molecule has 11 aromatic rings. The second-order valence-electron chi connectivity index (χ2n) is 15.0. The Morgan fingerprint density at radius 1 is 0.281 bits per heavy atom. The van der Waals surface area contributed by atoms with E-state index in [2.05, 4.69) is 217 Å². The van der Waals surface area contributed by atoms with E-state index in [0.29, 0.717) is 0 Å². The van der Waals surface area contributed by atoms with E-state index >= 15 is 0 Å². The third-order valence-corrected chi connectivity index (χ3v) is 11.7. The van der Waals surface area contributed by atoms with Crippen LogP contribution in [0.2, 0.25) is 0 Å². The summed E-state index contributed by atoms with van der Waals surface area (Å²) in [6, 6.07) is 75.5. The Bertz CT molecular complexity index is 3260. The predicted octanol–water partition coefficient (Wildman–Crippen LogP) is 15.6. The van der Waals surface area contributed by atoms with Crippen molar-refractivity contribution in [3.8, 4) is 50.2 Å². The van der Waals surface area contributed by atoms with E-state index in [-0.39, 0.29) is 0 Å². The van der Waals surface area contributed by atoms with Crippen molar-refractivity contribution in [2.24, 2.45) is 0 Å². The second-order valence-corrected chi connectivity index (χ2v) is 15.0. The summed E-state index contributed by atoms with van der Waals surface area (Å²) in [5.41, 5.74) is 14.1. The average Bonchev–Trinajstić information content (AvgIpc) is 3.62. The minimum absolute atomic E-state index is 1.11. The summed E-state index contributed by atoms with van der Waals surface area (Å²) in [4.78, 5) is 0. The van der Waals surface area contributed by atoms with Crippen LogP contribution >= 0.6 is 0 Å². The molecule has 0 aliphatic heterocycles. The molecule has 0 atom stereocenters. The van der Waals surface area contributed by atoms with Crippen molar-refractivity contribution in [1.82, 2.24) is 4.57 Å². The predicted molar refractivity (Wildman–Crippen MR) is 245 cm³/mol. The topological polar surface area (TPSA) is 4.93 Å². The van der Waals surface area contributed by atoms with E-state index in [1.807, 2.05) is 6.08 Å². The van der Waals surface area contributed by atoms with Gasteiger partial charge >= 0.3 is 0 Å². The van der Waals surface area contributed by atoms with Crippen LogP contribution in [0.15, 0.2) is 213 Å². The summed E-state index contributed by atoms with van der Waals surface area (Å²) in [5.74, 6) is 0. The van der Waals surface area contributed by atoms with Crippen molar-refractivity contribution < 1.29 is 0 Å². The molecule has 0 radical (unpaired) electrons. The van der Waals surface area contributed by atoms with Crippen LogP contribution in [-0.4, -0.2) is 4.57 Å². The molecule has 0 N–H and O–H groups in total. The van der Waals surface area contributed by atoms with Crippen LogP contribution in [-0.2, 0) is 0 Å². The van der Waals surface area contributed by atoms with Gasteiger partial charge in [0.2, 0.25) is 0 Å². The Morgan fingerprint density at radius 2 is 0.702 bits per heavy atom. The maximum Gasteiger partial charge on any atom is 0.0541 e. The quantitative estimate of drug-likeness (QED) is 0.151. The van der Waals surface area contributed by atoms with Gasteiger partial charge in [-0.05, 0) is 137 Å². The van der Waals surface area contributed by atoms with Crippen LogP contribution < -0.4 is 0 Å². The number of hydrogen-bond donors (Lipinski definition) is 0. The maximum atomic E-state index is 4.12. The van der Waals surface area contributed by atoms with E-state index < -0.39 is 0 Å². The number of nitrogens with zero attached hydrogens (tertiary/aromatic N) is 1. The number of benzene rings is 10. The zero-order valence-electron chi connectivity index (χ0n) is 31.4. The van der Waals surface area contributed by atoms with Gasteiger partial charge in [0.1, 0.15) is 0 Å². The summed E-state index contributed by atoms with van der Waals surface area (Å²) in [6.45, 7) is 4.12. The van der Waals surface area contributed by atoms with Crippen LogP contribution in [0, 0.1) is 0 Å². The summed E-state index contributed by atoms with van der Waals surface area (Å²) in [6.07, 6.45) is 1.94. The van der Waals surface area contributed by atoms with Crippen LogP contribution in [0.5, 0.6) is 0 Å². The molecule has 0 saturated carbocycles. The Balaban J connectivity index is 1.08. The summed E-state index contributed by atoms with van der Waals surface area (Å²) in [7, 11) is 0. The monoisotopic (exact) mass is 723 g/mol. The molecule has 0 aliphatic carbocycles. The van der Waals surface area contributed by atoms with Crippen LogP contribution in [0.25, 0.3) is 110 Å². The molecule has 0 saturated heterocycles. The molecule has 0 spiro atoms. The van der Waals surface area contributed by atoms with Crippen molar-refractivity contribution >= 4 is 60.2 Å². The Kier molecular flexibility index (Phi) is 7.72. The van der Waals surface area contributed by atoms with Crippen molar-refractivity contribution in [3.63, 3.8) is 0 Å². The first-order valence-corrected chi connectivity index (χ1v) is 19.6. The van der Waals surface area contributed by atoms with E-state index in [1.165, 1.54) is 98.6 Å². The molecule has 0 bridgehead atoms. The maximum absolute atomic E-state index is 4.12. The molecule has 266 valence electrons. The number of aromatic nitrogens is 1. The molecule has 10 aromatic carbocycles. The fourth-order valence-electron chi connectivity index (χ4n) is 8.93. The Hall–Kier alpha value is -7.48. The molecule has 57 heavy (non-hydrogen) atoms. The normalized spacial score (nSPS) is 11.6.